The molecule has 4 rings (SSSR count). The molecule has 164 valence electrons. The molecule has 0 unspecified atom stereocenters. The minimum atomic E-state index is -4.48. The Morgan fingerprint density at radius 1 is 1.13 bits per heavy atom. The number of anilines is 1. The highest BCUT2D eigenvalue weighted by atomic mass is 35.5. The van der Waals surface area contributed by atoms with Crippen LogP contribution in [-0.2, 0) is 6.18 Å². The number of amides is 1. The summed E-state index contributed by atoms with van der Waals surface area (Å²) in [7, 11) is 0. The number of carbonyl (C=O) groups is 1. The van der Waals surface area contributed by atoms with Crippen molar-refractivity contribution >= 4 is 29.0 Å². The average Bonchev–Trinajstić information content (AvgIpc) is 3.17. The third-order valence-electron chi connectivity index (χ3n) is 5.62. The number of alkyl halides is 3. The van der Waals surface area contributed by atoms with E-state index in [2.05, 4.69) is 15.6 Å². The number of carbonyl (C=O) groups excluding carboxylic acids is 1. The lowest BCUT2D eigenvalue weighted by molar-refractivity contribution is -0.140. The molecule has 3 aromatic rings. The van der Waals surface area contributed by atoms with Crippen LogP contribution in [0.2, 0.25) is 5.02 Å². The lowest BCUT2D eigenvalue weighted by Crippen LogP contribution is -2.40. The largest absolute Gasteiger partial charge is 0.434 e. The first-order valence-electron chi connectivity index (χ1n) is 10.1. The summed E-state index contributed by atoms with van der Waals surface area (Å²) in [5.41, 5.74) is 0.765. The second kappa shape index (κ2) is 8.42. The van der Waals surface area contributed by atoms with Crippen molar-refractivity contribution in [2.75, 3.05) is 5.32 Å². The van der Waals surface area contributed by atoms with Crippen molar-refractivity contribution in [1.29, 1.82) is 0 Å². The van der Waals surface area contributed by atoms with Crippen molar-refractivity contribution in [3.8, 4) is 0 Å². The van der Waals surface area contributed by atoms with Crippen molar-refractivity contribution < 1.29 is 18.0 Å². The number of pyridine rings is 1. The van der Waals surface area contributed by atoms with E-state index < -0.39 is 11.9 Å². The number of hydrogen-bond acceptors (Lipinski definition) is 3. The van der Waals surface area contributed by atoms with Crippen molar-refractivity contribution in [1.82, 2.24) is 14.7 Å². The summed E-state index contributed by atoms with van der Waals surface area (Å²) in [6.07, 6.45) is -0.323. The maximum atomic E-state index is 13.0. The Kier molecular flexibility index (Phi) is 5.83. The molecule has 1 aliphatic carbocycles. The van der Waals surface area contributed by atoms with Crippen LogP contribution >= 0.6 is 11.6 Å². The Labute approximate surface area is 182 Å². The van der Waals surface area contributed by atoms with Gasteiger partial charge in [0, 0.05) is 28.9 Å². The molecule has 0 atom stereocenters. The molecule has 0 saturated heterocycles. The van der Waals surface area contributed by atoms with Crippen LogP contribution in [0.3, 0.4) is 0 Å². The summed E-state index contributed by atoms with van der Waals surface area (Å²) in [6.45, 7) is 1.86. The average molecular weight is 451 g/mol. The van der Waals surface area contributed by atoms with E-state index in [1.54, 1.807) is 36.4 Å². The molecule has 1 amide bonds. The van der Waals surface area contributed by atoms with Crippen LogP contribution in [0.5, 0.6) is 0 Å². The summed E-state index contributed by atoms with van der Waals surface area (Å²) < 4.78 is 40.4. The van der Waals surface area contributed by atoms with E-state index in [9.17, 15) is 18.0 Å². The number of rotatable bonds is 4. The Hall–Kier alpha value is -2.74. The zero-order valence-electron chi connectivity index (χ0n) is 16.8. The number of aromatic nitrogens is 2. The number of nitrogens with one attached hydrogen (secondary N) is 2. The van der Waals surface area contributed by atoms with E-state index in [0.29, 0.717) is 16.4 Å². The third-order valence-corrected chi connectivity index (χ3v) is 6.04. The fourth-order valence-corrected chi connectivity index (χ4v) is 4.03. The SMILES string of the molecule is Cc1cc(C(=O)NC2CCC(Nc3cccc4nc(C(F)(F)F)cn34)CC2)ccc1Cl. The highest BCUT2D eigenvalue weighted by Gasteiger charge is 2.34. The predicted octanol–water partition coefficient (Wildman–Crippen LogP) is 5.47. The van der Waals surface area contributed by atoms with Gasteiger partial charge in [-0.3, -0.25) is 9.20 Å². The molecule has 0 aliphatic heterocycles. The topological polar surface area (TPSA) is 58.4 Å². The third kappa shape index (κ3) is 4.79. The molecule has 0 spiro atoms. The lowest BCUT2D eigenvalue weighted by atomic mass is 9.91. The lowest BCUT2D eigenvalue weighted by Gasteiger charge is -2.30. The Balaban J connectivity index is 1.37. The van der Waals surface area contributed by atoms with E-state index in [4.69, 9.17) is 11.6 Å². The molecule has 31 heavy (non-hydrogen) atoms. The summed E-state index contributed by atoms with van der Waals surface area (Å²) in [5.74, 6) is 0.448. The molecule has 0 bridgehead atoms. The fourth-order valence-electron chi connectivity index (χ4n) is 3.91. The fraction of sp³-hybridized carbons (Fsp3) is 0.364. The smallest absolute Gasteiger partial charge is 0.368 e. The summed E-state index contributed by atoms with van der Waals surface area (Å²) in [6, 6.07) is 10.3. The number of fused-ring (bicyclic) bond motifs is 1. The van der Waals surface area contributed by atoms with Crippen LogP contribution in [0.15, 0.2) is 42.6 Å². The number of halogens is 4. The van der Waals surface area contributed by atoms with Gasteiger partial charge in [0.2, 0.25) is 0 Å². The van der Waals surface area contributed by atoms with E-state index in [-0.39, 0.29) is 23.6 Å². The minimum Gasteiger partial charge on any atom is -0.368 e. The molecule has 0 radical (unpaired) electrons. The number of nitrogens with zero attached hydrogens (tertiary/aromatic N) is 2. The first kappa shape index (κ1) is 21.5. The maximum Gasteiger partial charge on any atom is 0.434 e. The van der Waals surface area contributed by atoms with Crippen molar-refractivity contribution in [2.45, 2.75) is 50.9 Å². The van der Waals surface area contributed by atoms with Gasteiger partial charge >= 0.3 is 6.18 Å². The van der Waals surface area contributed by atoms with Crippen LogP contribution < -0.4 is 10.6 Å². The van der Waals surface area contributed by atoms with Gasteiger partial charge < -0.3 is 10.6 Å². The van der Waals surface area contributed by atoms with E-state index in [1.807, 2.05) is 6.92 Å². The van der Waals surface area contributed by atoms with Gasteiger partial charge in [-0.15, -0.1) is 0 Å². The van der Waals surface area contributed by atoms with Crippen molar-refractivity contribution in [2.24, 2.45) is 0 Å². The van der Waals surface area contributed by atoms with Gasteiger partial charge in [-0.05, 0) is 68.5 Å². The number of hydrogen-bond donors (Lipinski definition) is 2. The molecular formula is C22H22ClF3N4O. The molecular weight excluding hydrogens is 429 g/mol. The first-order valence-corrected chi connectivity index (χ1v) is 10.5. The first-order chi connectivity index (χ1) is 14.7. The van der Waals surface area contributed by atoms with Gasteiger partial charge in [-0.2, -0.15) is 13.2 Å². The molecule has 1 aromatic carbocycles. The predicted molar refractivity (Wildman–Crippen MR) is 114 cm³/mol. The maximum absolute atomic E-state index is 13.0. The summed E-state index contributed by atoms with van der Waals surface area (Å²) in [4.78, 5) is 16.2. The van der Waals surface area contributed by atoms with Crippen LogP contribution in [0.4, 0.5) is 19.0 Å². The zero-order chi connectivity index (χ0) is 22.2. The second-order valence-electron chi connectivity index (χ2n) is 7.89. The summed E-state index contributed by atoms with van der Waals surface area (Å²) in [5, 5.41) is 7.03. The highest BCUT2D eigenvalue weighted by molar-refractivity contribution is 6.31. The molecule has 2 aromatic heterocycles. The Bertz CT molecular complexity index is 1100. The van der Waals surface area contributed by atoms with Crippen LogP contribution in [0, 0.1) is 6.92 Å². The van der Waals surface area contributed by atoms with Crippen molar-refractivity contribution in [3.63, 3.8) is 0 Å². The monoisotopic (exact) mass is 450 g/mol. The van der Waals surface area contributed by atoms with Crippen LogP contribution in [0.1, 0.15) is 47.3 Å². The van der Waals surface area contributed by atoms with E-state index >= 15 is 0 Å². The van der Waals surface area contributed by atoms with Gasteiger partial charge in [-0.25, -0.2) is 4.98 Å². The zero-order valence-corrected chi connectivity index (χ0v) is 17.6. The minimum absolute atomic E-state index is 0.0578. The molecule has 1 fully saturated rings. The number of benzene rings is 1. The molecule has 2 heterocycles. The van der Waals surface area contributed by atoms with E-state index in [1.165, 1.54) is 4.40 Å². The molecule has 1 aliphatic rings. The van der Waals surface area contributed by atoms with Gasteiger partial charge in [0.1, 0.15) is 11.5 Å². The molecule has 5 nitrogen and oxygen atoms in total. The summed E-state index contributed by atoms with van der Waals surface area (Å²) >= 11 is 6.02. The second-order valence-corrected chi connectivity index (χ2v) is 8.30. The molecule has 2 N–H and O–H groups in total. The quantitative estimate of drug-likeness (QED) is 0.554. The number of imidazole rings is 1. The molecule has 9 heteroatoms. The Morgan fingerprint density at radius 3 is 2.52 bits per heavy atom. The van der Waals surface area contributed by atoms with Crippen LogP contribution in [-0.4, -0.2) is 27.4 Å². The Morgan fingerprint density at radius 2 is 1.84 bits per heavy atom. The standard InChI is InChI=1S/C22H22ClF3N4O/c1-13-11-14(5-10-17(13)23)21(31)28-16-8-6-15(7-9-16)27-19-3-2-4-20-29-18(12-30(19)20)22(24,25)26/h2-5,10-12,15-16,27H,6-9H2,1H3,(H,28,31). The van der Waals surface area contributed by atoms with Gasteiger partial charge in [0.15, 0.2) is 5.69 Å². The van der Waals surface area contributed by atoms with Crippen molar-refractivity contribution in [3.05, 3.63) is 64.4 Å². The molecule has 1 saturated carbocycles. The van der Waals surface area contributed by atoms with Gasteiger partial charge in [0.05, 0.1) is 0 Å². The normalized spacial score (nSPS) is 19.4. The highest BCUT2D eigenvalue weighted by Crippen LogP contribution is 2.30. The van der Waals surface area contributed by atoms with Gasteiger partial charge in [-0.1, -0.05) is 17.7 Å². The van der Waals surface area contributed by atoms with Gasteiger partial charge in [0.25, 0.3) is 5.91 Å². The van der Waals surface area contributed by atoms with E-state index in [0.717, 1.165) is 37.4 Å². The van der Waals surface area contributed by atoms with Crippen LogP contribution in [0.25, 0.3) is 5.65 Å². The number of aryl methyl sites for hydroxylation is 1.